The summed E-state index contributed by atoms with van der Waals surface area (Å²) in [7, 11) is 0. The van der Waals surface area contributed by atoms with Gasteiger partial charge in [0.15, 0.2) is 11.0 Å². The first kappa shape index (κ1) is 21.8. The van der Waals surface area contributed by atoms with Gasteiger partial charge in [-0.25, -0.2) is 4.39 Å². The van der Waals surface area contributed by atoms with Crippen molar-refractivity contribution >= 4 is 17.7 Å². The van der Waals surface area contributed by atoms with Gasteiger partial charge in [0, 0.05) is 11.4 Å². The number of nitrogens with one attached hydrogen (secondary N) is 1. The summed E-state index contributed by atoms with van der Waals surface area (Å²) in [6, 6.07) is 24.2. The summed E-state index contributed by atoms with van der Waals surface area (Å²) in [4.78, 5) is 12.4. The fraction of sp³-hybridized carbons (Fsp3) is 0.160. The lowest BCUT2D eigenvalue weighted by Gasteiger charge is -2.11. The van der Waals surface area contributed by atoms with E-state index in [0.717, 1.165) is 27.7 Å². The van der Waals surface area contributed by atoms with Crippen LogP contribution < -0.4 is 5.32 Å². The molecule has 3 aromatic carbocycles. The van der Waals surface area contributed by atoms with Gasteiger partial charge in [-0.1, -0.05) is 71.9 Å². The van der Waals surface area contributed by atoms with Gasteiger partial charge in [0.2, 0.25) is 5.91 Å². The van der Waals surface area contributed by atoms with Crippen LogP contribution in [0.25, 0.3) is 5.69 Å². The smallest absolute Gasteiger partial charge is 0.224 e. The number of carbonyl (C=O) groups is 1. The summed E-state index contributed by atoms with van der Waals surface area (Å²) in [6.45, 7) is 2.28. The third-order valence-corrected chi connectivity index (χ3v) is 5.93. The number of thioether (sulfide) groups is 1. The minimum atomic E-state index is -0.319. The van der Waals surface area contributed by atoms with Crippen LogP contribution in [0.4, 0.5) is 4.39 Å². The molecule has 0 aliphatic carbocycles. The highest BCUT2D eigenvalue weighted by atomic mass is 32.2. The second-order valence-corrected chi connectivity index (χ2v) is 8.37. The van der Waals surface area contributed by atoms with E-state index in [1.165, 1.54) is 17.7 Å². The maximum Gasteiger partial charge on any atom is 0.224 e. The van der Waals surface area contributed by atoms with Gasteiger partial charge in [-0.3, -0.25) is 9.36 Å². The molecule has 0 fully saturated rings. The second kappa shape index (κ2) is 10.2. The van der Waals surface area contributed by atoms with Crippen molar-refractivity contribution in [2.75, 3.05) is 0 Å². The first-order chi connectivity index (χ1) is 15.6. The highest BCUT2D eigenvalue weighted by Gasteiger charge is 2.16. The SMILES string of the molecule is Cc1ccc(-n2c(CNC(=O)Cc3ccc(F)cc3)nnc2SCc2ccccc2)cc1. The molecule has 0 saturated heterocycles. The van der Waals surface area contributed by atoms with Crippen LogP contribution in [0.15, 0.2) is 84.0 Å². The molecule has 4 rings (SSSR count). The molecule has 162 valence electrons. The molecule has 0 spiro atoms. The van der Waals surface area contributed by atoms with Gasteiger partial charge >= 0.3 is 0 Å². The number of hydrogen-bond donors (Lipinski definition) is 1. The van der Waals surface area contributed by atoms with Crippen LogP contribution in [0.1, 0.15) is 22.5 Å². The zero-order valence-electron chi connectivity index (χ0n) is 17.7. The van der Waals surface area contributed by atoms with Crippen molar-refractivity contribution in [2.45, 2.75) is 30.8 Å². The number of carbonyl (C=O) groups excluding carboxylic acids is 1. The predicted molar refractivity (Wildman–Crippen MR) is 124 cm³/mol. The van der Waals surface area contributed by atoms with Crippen LogP contribution in [0.5, 0.6) is 0 Å². The van der Waals surface area contributed by atoms with Crippen molar-refractivity contribution in [3.8, 4) is 5.69 Å². The minimum absolute atomic E-state index is 0.159. The highest BCUT2D eigenvalue weighted by Crippen LogP contribution is 2.25. The number of amides is 1. The van der Waals surface area contributed by atoms with Gasteiger partial charge in [0.1, 0.15) is 5.82 Å². The van der Waals surface area contributed by atoms with E-state index in [1.54, 1.807) is 23.9 Å². The lowest BCUT2D eigenvalue weighted by atomic mass is 10.1. The van der Waals surface area contributed by atoms with Crippen LogP contribution >= 0.6 is 11.8 Å². The van der Waals surface area contributed by atoms with E-state index in [0.29, 0.717) is 5.82 Å². The molecule has 0 aliphatic rings. The molecule has 7 heteroatoms. The van der Waals surface area contributed by atoms with Crippen LogP contribution in [0, 0.1) is 12.7 Å². The molecule has 0 aliphatic heterocycles. The third-order valence-electron chi connectivity index (χ3n) is 4.92. The van der Waals surface area contributed by atoms with Crippen LogP contribution in [0.3, 0.4) is 0 Å². The van der Waals surface area contributed by atoms with Crippen molar-refractivity contribution in [3.63, 3.8) is 0 Å². The van der Waals surface area contributed by atoms with Crippen molar-refractivity contribution in [1.29, 1.82) is 0 Å². The average Bonchev–Trinajstić information content (AvgIpc) is 3.22. The monoisotopic (exact) mass is 446 g/mol. The van der Waals surface area contributed by atoms with Gasteiger partial charge in [-0.05, 0) is 42.3 Å². The molecule has 0 bridgehead atoms. The van der Waals surface area contributed by atoms with E-state index in [-0.39, 0.29) is 24.7 Å². The molecule has 32 heavy (non-hydrogen) atoms. The first-order valence-electron chi connectivity index (χ1n) is 10.3. The van der Waals surface area contributed by atoms with E-state index in [1.807, 2.05) is 54.0 Å². The highest BCUT2D eigenvalue weighted by molar-refractivity contribution is 7.98. The van der Waals surface area contributed by atoms with Crippen LogP contribution in [-0.2, 0) is 23.5 Å². The Morgan fingerprint density at radius 1 is 0.938 bits per heavy atom. The average molecular weight is 447 g/mol. The molecule has 1 aromatic heterocycles. The van der Waals surface area contributed by atoms with Crippen LogP contribution in [-0.4, -0.2) is 20.7 Å². The number of halogens is 1. The van der Waals surface area contributed by atoms with E-state index >= 15 is 0 Å². The summed E-state index contributed by atoms with van der Waals surface area (Å²) in [5.41, 5.74) is 4.06. The molecular formula is C25H23FN4OS. The third kappa shape index (κ3) is 5.62. The van der Waals surface area contributed by atoms with Gasteiger partial charge < -0.3 is 5.32 Å². The minimum Gasteiger partial charge on any atom is -0.348 e. The fourth-order valence-electron chi connectivity index (χ4n) is 3.21. The van der Waals surface area contributed by atoms with Crippen LogP contribution in [0.2, 0.25) is 0 Å². The van der Waals surface area contributed by atoms with Gasteiger partial charge in [0.25, 0.3) is 0 Å². The number of aryl methyl sites for hydroxylation is 1. The normalized spacial score (nSPS) is 10.8. The predicted octanol–water partition coefficient (Wildman–Crippen LogP) is 4.87. The number of benzene rings is 3. The maximum absolute atomic E-state index is 13.1. The van der Waals surface area contributed by atoms with Crippen molar-refractivity contribution in [3.05, 3.63) is 107 Å². The Morgan fingerprint density at radius 2 is 1.66 bits per heavy atom. The van der Waals surface area contributed by atoms with E-state index in [4.69, 9.17) is 0 Å². The molecule has 0 unspecified atom stereocenters. The standard InChI is InChI=1S/C25H23FN4OS/c1-18-7-13-22(14-8-18)30-23(16-27-24(31)15-19-9-11-21(26)12-10-19)28-29-25(30)32-17-20-5-3-2-4-6-20/h2-14H,15-17H2,1H3,(H,27,31). The molecular weight excluding hydrogens is 423 g/mol. The van der Waals surface area contributed by atoms with Gasteiger partial charge in [0.05, 0.1) is 13.0 Å². The van der Waals surface area contributed by atoms with Crippen molar-refractivity contribution in [2.24, 2.45) is 0 Å². The zero-order chi connectivity index (χ0) is 22.3. The largest absolute Gasteiger partial charge is 0.348 e. The van der Waals surface area contributed by atoms with E-state index in [2.05, 4.69) is 27.6 Å². The Hall–Kier alpha value is -3.45. The molecule has 5 nitrogen and oxygen atoms in total. The Labute approximate surface area is 190 Å². The molecule has 1 amide bonds. The summed E-state index contributed by atoms with van der Waals surface area (Å²) in [5.74, 6) is 0.938. The molecule has 0 radical (unpaired) electrons. The fourth-order valence-corrected chi connectivity index (χ4v) is 4.14. The number of aromatic nitrogens is 3. The quantitative estimate of drug-likeness (QED) is 0.393. The number of nitrogens with zero attached hydrogens (tertiary/aromatic N) is 3. The Kier molecular flexibility index (Phi) is 6.97. The lowest BCUT2D eigenvalue weighted by molar-refractivity contribution is -0.120. The Morgan fingerprint density at radius 3 is 2.38 bits per heavy atom. The van der Waals surface area contributed by atoms with Crippen molar-refractivity contribution in [1.82, 2.24) is 20.1 Å². The molecule has 1 heterocycles. The number of hydrogen-bond acceptors (Lipinski definition) is 4. The first-order valence-corrected chi connectivity index (χ1v) is 11.3. The van der Waals surface area contributed by atoms with Gasteiger partial charge in [-0.2, -0.15) is 0 Å². The van der Waals surface area contributed by atoms with Gasteiger partial charge in [-0.15, -0.1) is 10.2 Å². The van der Waals surface area contributed by atoms with Crippen molar-refractivity contribution < 1.29 is 9.18 Å². The Bertz CT molecular complexity index is 1180. The molecule has 4 aromatic rings. The lowest BCUT2D eigenvalue weighted by Crippen LogP contribution is -2.26. The molecule has 1 N–H and O–H groups in total. The summed E-state index contributed by atoms with van der Waals surface area (Å²) < 4.78 is 15.1. The summed E-state index contributed by atoms with van der Waals surface area (Å²) in [5, 5.41) is 12.4. The summed E-state index contributed by atoms with van der Waals surface area (Å²) >= 11 is 1.60. The Balaban J connectivity index is 1.50. The van der Waals surface area contributed by atoms with E-state index in [9.17, 15) is 9.18 Å². The van der Waals surface area contributed by atoms with E-state index < -0.39 is 0 Å². The summed E-state index contributed by atoms with van der Waals surface area (Å²) in [6.07, 6.45) is 0.175. The maximum atomic E-state index is 13.1. The topological polar surface area (TPSA) is 59.8 Å². The molecule has 0 saturated carbocycles. The second-order valence-electron chi connectivity index (χ2n) is 7.42. The zero-order valence-corrected chi connectivity index (χ0v) is 18.5. The number of rotatable bonds is 8. The molecule has 0 atom stereocenters.